The molecule has 3 heterocycles. The van der Waals surface area contributed by atoms with Crippen molar-refractivity contribution in [1.82, 2.24) is 9.55 Å². The van der Waals surface area contributed by atoms with E-state index in [-0.39, 0.29) is 12.0 Å². The first kappa shape index (κ1) is 28.3. The molecule has 3 rings (SSSR count). The number of aliphatic hydroxyl groups excluding tert-OH is 4. The number of aryl methyl sites for hydroxylation is 1. The highest BCUT2D eigenvalue weighted by molar-refractivity contribution is 7.59. The van der Waals surface area contributed by atoms with Crippen molar-refractivity contribution >= 4 is 15.6 Å². The van der Waals surface area contributed by atoms with Crippen LogP contribution < -0.4 is 21.0 Å². The molecule has 0 aliphatic carbocycles. The van der Waals surface area contributed by atoms with Crippen LogP contribution >= 0.6 is 15.6 Å². The number of phosphoric ester groups is 2. The van der Waals surface area contributed by atoms with Gasteiger partial charge >= 0.3 is 5.69 Å². The van der Waals surface area contributed by atoms with E-state index in [0.717, 1.165) is 4.57 Å². The van der Waals surface area contributed by atoms with Gasteiger partial charge < -0.3 is 44.2 Å². The van der Waals surface area contributed by atoms with Gasteiger partial charge in [-0.1, -0.05) is 0 Å². The Morgan fingerprint density at radius 2 is 1.77 bits per heavy atom. The van der Waals surface area contributed by atoms with E-state index >= 15 is 0 Å². The van der Waals surface area contributed by atoms with Crippen molar-refractivity contribution in [2.24, 2.45) is 0 Å². The summed E-state index contributed by atoms with van der Waals surface area (Å²) in [6.07, 6.45) is -11.5. The van der Waals surface area contributed by atoms with E-state index in [0.29, 0.717) is 0 Å². The number of hydrogen-bond donors (Lipinski definition) is 5. The molecule has 2 fully saturated rings. The molecule has 19 heteroatoms. The third-order valence-corrected chi connectivity index (χ3v) is 7.83. The molecular weight excluding hydrogens is 522 g/mol. The number of H-pyrrole nitrogens is 1. The van der Waals surface area contributed by atoms with Crippen LogP contribution in [0.15, 0.2) is 15.8 Å². The largest absolute Gasteiger partial charge is 0.756 e. The molecule has 2 saturated heterocycles. The van der Waals surface area contributed by atoms with Gasteiger partial charge in [0.25, 0.3) is 21.2 Å². The Balaban J connectivity index is 1.59. The fourth-order valence-corrected chi connectivity index (χ4v) is 5.47. The zero-order chi connectivity index (χ0) is 26.3. The Labute approximate surface area is 196 Å². The van der Waals surface area contributed by atoms with Crippen LogP contribution in [0, 0.1) is 6.92 Å². The number of aromatic amines is 1. The number of phosphoric acid groups is 2. The summed E-state index contributed by atoms with van der Waals surface area (Å²) in [5, 5.41) is 39.2. The normalized spacial score (nSPS) is 37.0. The second-order valence-corrected chi connectivity index (χ2v) is 10.9. The molecule has 0 spiro atoms. The van der Waals surface area contributed by atoms with Gasteiger partial charge in [0.1, 0.15) is 30.6 Å². The average Bonchev–Trinajstić information content (AvgIpc) is 3.11. The van der Waals surface area contributed by atoms with Crippen molar-refractivity contribution in [3.63, 3.8) is 0 Å². The number of aromatic nitrogens is 2. The van der Waals surface area contributed by atoms with E-state index in [9.17, 15) is 48.9 Å². The van der Waals surface area contributed by atoms with Crippen LogP contribution in [0.2, 0.25) is 0 Å². The first-order valence-corrected chi connectivity index (χ1v) is 13.0. The fraction of sp³-hybridized carbons (Fsp3) is 0.750. The van der Waals surface area contributed by atoms with Crippen molar-refractivity contribution in [2.45, 2.75) is 69.4 Å². The number of ether oxygens (including phenoxy) is 2. The highest BCUT2D eigenvalue weighted by Gasteiger charge is 2.44. The van der Waals surface area contributed by atoms with E-state index in [4.69, 9.17) is 9.47 Å². The molecule has 0 bridgehead atoms. The Hall–Kier alpha value is -1.30. The molecular formula is C16H24N2O15P2-2. The zero-order valence-electron chi connectivity index (χ0n) is 18.2. The van der Waals surface area contributed by atoms with Crippen LogP contribution in [0.4, 0.5) is 0 Å². The van der Waals surface area contributed by atoms with Crippen molar-refractivity contribution in [3.05, 3.63) is 32.6 Å². The van der Waals surface area contributed by atoms with Crippen LogP contribution in [0.25, 0.3) is 0 Å². The number of rotatable bonds is 8. The van der Waals surface area contributed by atoms with Crippen LogP contribution in [-0.2, 0) is 32.0 Å². The van der Waals surface area contributed by atoms with E-state index in [1.807, 2.05) is 4.98 Å². The lowest BCUT2D eigenvalue weighted by Crippen LogP contribution is -2.57. The Morgan fingerprint density at radius 3 is 2.43 bits per heavy atom. The van der Waals surface area contributed by atoms with E-state index in [1.165, 1.54) is 20.0 Å². The zero-order valence-corrected chi connectivity index (χ0v) is 20.0. The summed E-state index contributed by atoms with van der Waals surface area (Å²) in [4.78, 5) is 49.5. The lowest BCUT2D eigenvalue weighted by atomic mass is 10.0. The molecule has 5 N–H and O–H groups in total. The summed E-state index contributed by atoms with van der Waals surface area (Å²) in [5.41, 5.74) is -1.28. The Morgan fingerprint density at radius 1 is 1.11 bits per heavy atom. The monoisotopic (exact) mass is 546 g/mol. The first-order chi connectivity index (χ1) is 16.1. The number of aliphatic hydroxyl groups is 4. The maximum Gasteiger partial charge on any atom is 0.330 e. The smallest absolute Gasteiger partial charge is 0.330 e. The third kappa shape index (κ3) is 6.72. The topological polar surface area (TPSA) is 262 Å². The van der Waals surface area contributed by atoms with Gasteiger partial charge in [-0.05, 0) is 13.8 Å². The molecule has 0 saturated carbocycles. The van der Waals surface area contributed by atoms with Crippen LogP contribution in [0.3, 0.4) is 0 Å². The van der Waals surface area contributed by atoms with Crippen molar-refractivity contribution in [1.29, 1.82) is 0 Å². The second-order valence-electron chi connectivity index (χ2n) is 7.97. The van der Waals surface area contributed by atoms with E-state index < -0.39 is 82.6 Å². The number of hydrogen-bond acceptors (Lipinski definition) is 15. The van der Waals surface area contributed by atoms with Gasteiger partial charge in [-0.15, -0.1) is 0 Å². The van der Waals surface area contributed by atoms with Crippen LogP contribution in [0.5, 0.6) is 0 Å². The fourth-order valence-electron chi connectivity index (χ4n) is 3.39. The first-order valence-electron chi connectivity index (χ1n) is 10.1. The highest BCUT2D eigenvalue weighted by atomic mass is 31.3. The number of nitrogens with one attached hydrogen (secondary N) is 1. The minimum atomic E-state index is -5.76. The second kappa shape index (κ2) is 10.6. The minimum Gasteiger partial charge on any atom is -0.756 e. The molecule has 10 atom stereocenters. The van der Waals surface area contributed by atoms with E-state index in [2.05, 4.69) is 13.4 Å². The molecule has 2 aliphatic rings. The molecule has 0 aromatic carbocycles. The average molecular weight is 546 g/mol. The van der Waals surface area contributed by atoms with Gasteiger partial charge in [-0.2, -0.15) is 0 Å². The maximum absolute atomic E-state index is 12.0. The summed E-state index contributed by atoms with van der Waals surface area (Å²) < 4.78 is 48.0. The molecule has 200 valence electrons. The van der Waals surface area contributed by atoms with Crippen LogP contribution in [-0.4, -0.2) is 79.5 Å². The summed E-state index contributed by atoms with van der Waals surface area (Å²) in [6.45, 7) is 1.74. The van der Waals surface area contributed by atoms with Gasteiger partial charge in [0.05, 0.1) is 18.8 Å². The van der Waals surface area contributed by atoms with Crippen molar-refractivity contribution in [2.75, 3.05) is 6.61 Å². The molecule has 0 amide bonds. The molecule has 1 aromatic heterocycles. The van der Waals surface area contributed by atoms with Crippen molar-refractivity contribution in [3.8, 4) is 0 Å². The van der Waals surface area contributed by atoms with Gasteiger partial charge in [0, 0.05) is 18.2 Å². The summed E-state index contributed by atoms with van der Waals surface area (Å²) in [7, 11) is -11.4. The summed E-state index contributed by atoms with van der Waals surface area (Å²) >= 11 is 0. The lowest BCUT2D eigenvalue weighted by molar-refractivity contribution is -0.299. The Bertz CT molecular complexity index is 1120. The summed E-state index contributed by atoms with van der Waals surface area (Å²) in [6, 6.07) is 0. The molecule has 35 heavy (non-hydrogen) atoms. The SMILES string of the molecule is Cc1cn([C@H]2C[C@H](O)[C@@H](COP(=O)([O-])OP(=O)([O-])O[C@H]3O[C@@H](C)[C@H](O)[C@@H](O)[C@H]3O)O2)c(=O)[nH]c1=O. The van der Waals surface area contributed by atoms with Gasteiger partial charge in [0.15, 0.2) is 6.29 Å². The van der Waals surface area contributed by atoms with E-state index in [1.54, 1.807) is 0 Å². The van der Waals surface area contributed by atoms with Gasteiger partial charge in [-0.3, -0.25) is 28.0 Å². The molecule has 2 aliphatic heterocycles. The Kier molecular flexibility index (Phi) is 8.56. The van der Waals surface area contributed by atoms with Crippen LogP contribution in [0.1, 0.15) is 25.1 Å². The molecule has 0 radical (unpaired) electrons. The lowest BCUT2D eigenvalue weighted by Gasteiger charge is -2.41. The predicted molar refractivity (Wildman–Crippen MR) is 106 cm³/mol. The predicted octanol–water partition coefficient (Wildman–Crippen LogP) is -3.69. The molecule has 1 aromatic rings. The quantitative estimate of drug-likeness (QED) is 0.197. The summed E-state index contributed by atoms with van der Waals surface area (Å²) in [5.74, 6) is 0. The molecule has 17 nitrogen and oxygen atoms in total. The van der Waals surface area contributed by atoms with Gasteiger partial charge in [-0.25, -0.2) is 9.11 Å². The van der Waals surface area contributed by atoms with Crippen molar-refractivity contribution < 1.29 is 62.2 Å². The number of nitrogens with zero attached hydrogens (tertiary/aromatic N) is 1. The minimum absolute atomic E-state index is 0.175. The standard InChI is InChI=1S/C16H26N2O15P2/c1-6-4-18(16(24)17-14(6)23)10-3-8(19)9(31-10)5-29-34(25,26)33-35(27,28)32-15-13(22)12(21)11(20)7(2)30-15/h4,7-13,15,19-22H,3,5H2,1-2H3,(H,25,26)(H,27,28)(H,17,23,24)/p-2/t7-,8-,9+,10+,11-,12+,13+,15+/m0/s1. The maximum atomic E-state index is 12.0. The third-order valence-electron chi connectivity index (χ3n) is 5.30. The van der Waals surface area contributed by atoms with Gasteiger partial charge in [0.2, 0.25) is 0 Å². The highest BCUT2D eigenvalue weighted by Crippen LogP contribution is 2.57. The molecule has 2 unspecified atom stereocenters.